The number of amides is 2. The van der Waals surface area contributed by atoms with Crippen LogP contribution < -0.4 is 10.7 Å². The summed E-state index contributed by atoms with van der Waals surface area (Å²) in [5.74, 6) is -0.823. The van der Waals surface area contributed by atoms with Gasteiger partial charge in [0.15, 0.2) is 0 Å². The van der Waals surface area contributed by atoms with Crippen molar-refractivity contribution in [1.82, 2.24) is 5.43 Å². The van der Waals surface area contributed by atoms with E-state index in [1.807, 2.05) is 0 Å². The van der Waals surface area contributed by atoms with Crippen molar-refractivity contribution < 1.29 is 14.0 Å². The molecule has 0 bridgehead atoms. The fraction of sp³-hybridized carbons (Fsp3) is 0.118. The summed E-state index contributed by atoms with van der Waals surface area (Å²) in [4.78, 5) is 23.2. The van der Waals surface area contributed by atoms with Crippen molar-refractivity contribution >= 4 is 23.2 Å². The van der Waals surface area contributed by atoms with Crippen molar-refractivity contribution in [2.24, 2.45) is 5.10 Å². The van der Waals surface area contributed by atoms with Gasteiger partial charge >= 0.3 is 0 Å². The van der Waals surface area contributed by atoms with Crippen molar-refractivity contribution in [3.8, 4) is 0 Å². The second kappa shape index (κ2) is 6.39. The monoisotopic (exact) mass is 311 g/mol. The Morgan fingerprint density at radius 1 is 1.13 bits per heavy atom. The van der Waals surface area contributed by atoms with Gasteiger partial charge in [-0.25, -0.2) is 9.82 Å². The molecule has 2 N–H and O–H groups in total. The van der Waals surface area contributed by atoms with Gasteiger partial charge in [-0.3, -0.25) is 9.59 Å². The van der Waals surface area contributed by atoms with Gasteiger partial charge in [0.25, 0.3) is 5.91 Å². The fourth-order valence-corrected chi connectivity index (χ4v) is 2.27. The first-order chi connectivity index (χ1) is 11.1. The topological polar surface area (TPSA) is 70.6 Å². The fourth-order valence-electron chi connectivity index (χ4n) is 2.27. The molecule has 0 aromatic heterocycles. The number of hydrogen-bond donors (Lipinski definition) is 2. The summed E-state index contributed by atoms with van der Waals surface area (Å²) in [6.07, 6.45) is 0.974. The largest absolute Gasteiger partial charge is 0.322 e. The lowest BCUT2D eigenvalue weighted by atomic mass is 10.0. The number of nitrogens with zero attached hydrogens (tertiary/aromatic N) is 1. The highest BCUT2D eigenvalue weighted by molar-refractivity contribution is 6.07. The van der Waals surface area contributed by atoms with Crippen molar-refractivity contribution in [3.63, 3.8) is 0 Å². The van der Waals surface area contributed by atoms with Crippen molar-refractivity contribution in [2.45, 2.75) is 12.8 Å². The van der Waals surface area contributed by atoms with Gasteiger partial charge in [0.05, 0.1) is 5.71 Å². The maximum Gasteiger partial charge on any atom is 0.255 e. The molecule has 2 aromatic carbocycles. The zero-order chi connectivity index (χ0) is 16.2. The molecule has 3 rings (SSSR count). The predicted molar refractivity (Wildman–Crippen MR) is 84.7 cm³/mol. The lowest BCUT2D eigenvalue weighted by Gasteiger charge is -2.12. The number of carbonyl (C=O) groups excluding carboxylic acids is 2. The number of anilines is 1. The van der Waals surface area contributed by atoms with E-state index in [1.54, 1.807) is 30.3 Å². The molecule has 0 saturated heterocycles. The lowest BCUT2D eigenvalue weighted by Crippen LogP contribution is -2.25. The first-order valence-electron chi connectivity index (χ1n) is 7.14. The van der Waals surface area contributed by atoms with Crippen LogP contribution >= 0.6 is 0 Å². The normalized spacial score (nSPS) is 14.0. The number of nitrogens with one attached hydrogen (secondary N) is 2. The molecule has 5 nitrogen and oxygen atoms in total. The van der Waals surface area contributed by atoms with E-state index in [9.17, 15) is 14.0 Å². The van der Waals surface area contributed by atoms with E-state index in [1.165, 1.54) is 18.2 Å². The molecule has 1 aliphatic heterocycles. The number of hydrazone groups is 1. The van der Waals surface area contributed by atoms with Crippen LogP contribution in [0.1, 0.15) is 28.8 Å². The van der Waals surface area contributed by atoms with E-state index >= 15 is 0 Å². The van der Waals surface area contributed by atoms with Gasteiger partial charge in [-0.1, -0.05) is 18.2 Å². The summed E-state index contributed by atoms with van der Waals surface area (Å²) in [6.45, 7) is 0. The molecule has 6 heteroatoms. The Bertz CT molecular complexity index is 785. The van der Waals surface area contributed by atoms with Gasteiger partial charge in [0, 0.05) is 24.1 Å². The summed E-state index contributed by atoms with van der Waals surface area (Å²) in [7, 11) is 0. The average Bonchev–Trinajstić information content (AvgIpc) is 2.56. The molecule has 1 heterocycles. The average molecular weight is 311 g/mol. The predicted octanol–water partition coefficient (Wildman–Crippen LogP) is 2.69. The highest BCUT2D eigenvalue weighted by Gasteiger charge is 2.14. The maximum absolute atomic E-state index is 13.1. The van der Waals surface area contributed by atoms with E-state index in [-0.39, 0.29) is 11.8 Å². The van der Waals surface area contributed by atoms with Gasteiger partial charge in [-0.05, 0) is 35.9 Å². The Labute approximate surface area is 132 Å². The Hall–Kier alpha value is -3.02. The van der Waals surface area contributed by atoms with Crippen LogP contribution in [0.2, 0.25) is 0 Å². The molecule has 1 aliphatic rings. The molecule has 0 aliphatic carbocycles. The Morgan fingerprint density at radius 2 is 1.91 bits per heavy atom. The number of hydrogen-bond acceptors (Lipinski definition) is 3. The van der Waals surface area contributed by atoms with E-state index in [0.717, 1.165) is 11.3 Å². The molecule has 0 unspecified atom stereocenters. The van der Waals surface area contributed by atoms with E-state index in [4.69, 9.17) is 0 Å². The molecule has 0 saturated carbocycles. The molecular formula is C17H14FN3O2. The van der Waals surface area contributed by atoms with Crippen LogP contribution in [0.5, 0.6) is 0 Å². The van der Waals surface area contributed by atoms with Gasteiger partial charge in [0.1, 0.15) is 5.82 Å². The molecule has 23 heavy (non-hydrogen) atoms. The number of carbonyl (C=O) groups is 2. The summed E-state index contributed by atoms with van der Waals surface area (Å²) >= 11 is 0. The summed E-state index contributed by atoms with van der Waals surface area (Å²) in [6, 6.07) is 12.6. The van der Waals surface area contributed by atoms with Crippen molar-refractivity contribution in [3.05, 3.63) is 65.5 Å². The zero-order valence-electron chi connectivity index (χ0n) is 12.2. The Balaban J connectivity index is 1.72. The highest BCUT2D eigenvalue weighted by atomic mass is 19.1. The first-order valence-corrected chi connectivity index (χ1v) is 7.14. The van der Waals surface area contributed by atoms with Crippen LogP contribution in [0, 0.1) is 5.82 Å². The summed E-state index contributed by atoms with van der Waals surface area (Å²) < 4.78 is 13.1. The van der Waals surface area contributed by atoms with E-state index in [2.05, 4.69) is 15.8 Å². The quantitative estimate of drug-likeness (QED) is 0.915. The van der Waals surface area contributed by atoms with Gasteiger partial charge in [-0.15, -0.1) is 0 Å². The van der Waals surface area contributed by atoms with Gasteiger partial charge in [0.2, 0.25) is 5.91 Å². The van der Waals surface area contributed by atoms with Gasteiger partial charge < -0.3 is 5.32 Å². The van der Waals surface area contributed by atoms with Gasteiger partial charge in [-0.2, -0.15) is 5.10 Å². The highest BCUT2D eigenvalue weighted by Crippen LogP contribution is 2.14. The Kier molecular flexibility index (Phi) is 4.14. The standard InChI is InChI=1S/C17H14FN3O2/c18-13-2-1-3-14(10-13)19-17(23)12-6-4-11(5-7-12)15-8-9-16(22)21-20-15/h1-7,10H,8-9H2,(H,19,23)(H,21,22). The SMILES string of the molecule is O=C1CCC(c2ccc(C(=O)Nc3cccc(F)c3)cc2)=NN1. The van der Waals surface area contributed by atoms with Crippen molar-refractivity contribution in [2.75, 3.05) is 5.32 Å². The minimum Gasteiger partial charge on any atom is -0.322 e. The van der Waals surface area contributed by atoms with Crippen LogP contribution in [-0.2, 0) is 4.79 Å². The third-order valence-corrected chi connectivity index (χ3v) is 3.47. The van der Waals surface area contributed by atoms with Crippen LogP contribution in [0.4, 0.5) is 10.1 Å². The minimum absolute atomic E-state index is 0.0974. The van der Waals surface area contributed by atoms with E-state index < -0.39 is 5.82 Å². The van der Waals surface area contributed by atoms with Crippen LogP contribution in [-0.4, -0.2) is 17.5 Å². The molecule has 0 fully saturated rings. The first kappa shape index (κ1) is 14.9. The zero-order valence-corrected chi connectivity index (χ0v) is 12.2. The Morgan fingerprint density at radius 3 is 2.57 bits per heavy atom. The number of benzene rings is 2. The smallest absolute Gasteiger partial charge is 0.255 e. The second-order valence-corrected chi connectivity index (χ2v) is 5.14. The minimum atomic E-state index is -0.407. The number of halogens is 1. The molecule has 116 valence electrons. The number of rotatable bonds is 3. The summed E-state index contributed by atoms with van der Waals surface area (Å²) in [5.41, 5.74) is 4.93. The molecule has 0 spiro atoms. The maximum atomic E-state index is 13.1. The third-order valence-electron chi connectivity index (χ3n) is 3.47. The van der Waals surface area contributed by atoms with Crippen LogP contribution in [0.15, 0.2) is 53.6 Å². The molecule has 0 atom stereocenters. The van der Waals surface area contributed by atoms with E-state index in [0.29, 0.717) is 24.1 Å². The second-order valence-electron chi connectivity index (χ2n) is 5.14. The molecule has 0 radical (unpaired) electrons. The lowest BCUT2D eigenvalue weighted by molar-refractivity contribution is -0.121. The van der Waals surface area contributed by atoms with Crippen molar-refractivity contribution in [1.29, 1.82) is 0 Å². The molecule has 2 amide bonds. The molecule has 2 aromatic rings. The van der Waals surface area contributed by atoms with Crippen LogP contribution in [0.25, 0.3) is 0 Å². The third kappa shape index (κ3) is 3.60. The summed E-state index contributed by atoms with van der Waals surface area (Å²) in [5, 5.41) is 6.65. The van der Waals surface area contributed by atoms with Crippen LogP contribution in [0.3, 0.4) is 0 Å². The molecular weight excluding hydrogens is 297 g/mol.